The van der Waals surface area contributed by atoms with Crippen LogP contribution in [0.1, 0.15) is 40.5 Å². The molecule has 0 bridgehead atoms. The molecule has 0 saturated carbocycles. The maximum atomic E-state index is 12.4. The van der Waals surface area contributed by atoms with E-state index < -0.39 is 10.0 Å². The zero-order valence-corrected chi connectivity index (χ0v) is 18.7. The van der Waals surface area contributed by atoms with Crippen molar-refractivity contribution in [2.75, 3.05) is 52.1 Å². The minimum absolute atomic E-state index is 0.00342. The minimum atomic E-state index is -3.31. The molecule has 0 spiro atoms. The molecule has 10 heteroatoms. The van der Waals surface area contributed by atoms with E-state index in [-0.39, 0.29) is 30.4 Å². The Morgan fingerprint density at radius 2 is 1.82 bits per heavy atom. The standard InChI is InChI=1S/C18H37N5O4S/c1-6-16(4)21-17(24)7-8-20-18(19-5)22-9-11-23(12-10-22)28(25,26)14-13-27-15(2)3/h15-16H,6-14H2,1-5H3,(H,19,20)(H,21,24). The van der Waals surface area contributed by atoms with Crippen LogP contribution in [0, 0.1) is 0 Å². The molecule has 1 unspecified atom stereocenters. The summed E-state index contributed by atoms with van der Waals surface area (Å²) in [6.45, 7) is 10.4. The second-order valence-electron chi connectivity index (χ2n) is 7.22. The molecule has 1 atom stereocenters. The highest BCUT2D eigenvalue weighted by Gasteiger charge is 2.28. The highest BCUT2D eigenvalue weighted by Crippen LogP contribution is 2.09. The number of sulfonamides is 1. The summed E-state index contributed by atoms with van der Waals surface area (Å²) in [7, 11) is -1.62. The molecule has 1 aliphatic rings. The van der Waals surface area contributed by atoms with E-state index >= 15 is 0 Å². The van der Waals surface area contributed by atoms with Crippen molar-refractivity contribution in [2.24, 2.45) is 4.99 Å². The summed E-state index contributed by atoms with van der Waals surface area (Å²) in [6.07, 6.45) is 1.29. The first-order valence-electron chi connectivity index (χ1n) is 10.0. The molecular weight excluding hydrogens is 382 g/mol. The van der Waals surface area contributed by atoms with E-state index in [9.17, 15) is 13.2 Å². The highest BCUT2D eigenvalue weighted by molar-refractivity contribution is 7.89. The smallest absolute Gasteiger partial charge is 0.221 e. The molecule has 28 heavy (non-hydrogen) atoms. The van der Waals surface area contributed by atoms with E-state index in [4.69, 9.17) is 4.74 Å². The number of hydrogen-bond donors (Lipinski definition) is 2. The molecule has 0 radical (unpaired) electrons. The molecule has 0 aromatic carbocycles. The van der Waals surface area contributed by atoms with Gasteiger partial charge in [-0.05, 0) is 27.2 Å². The number of rotatable bonds is 10. The van der Waals surface area contributed by atoms with E-state index in [0.29, 0.717) is 45.1 Å². The molecular formula is C18H37N5O4S. The van der Waals surface area contributed by atoms with Gasteiger partial charge in [0.15, 0.2) is 5.96 Å². The van der Waals surface area contributed by atoms with Crippen molar-refractivity contribution < 1.29 is 17.9 Å². The van der Waals surface area contributed by atoms with Crippen LogP contribution in [0.15, 0.2) is 4.99 Å². The van der Waals surface area contributed by atoms with Crippen LogP contribution in [0.4, 0.5) is 0 Å². The zero-order chi connectivity index (χ0) is 21.2. The lowest BCUT2D eigenvalue weighted by Gasteiger charge is -2.35. The Bertz CT molecular complexity index is 601. The fraction of sp³-hybridized carbons (Fsp3) is 0.889. The summed E-state index contributed by atoms with van der Waals surface area (Å²) in [4.78, 5) is 18.1. The van der Waals surface area contributed by atoms with Crippen LogP contribution in [0.25, 0.3) is 0 Å². The Morgan fingerprint density at radius 3 is 2.36 bits per heavy atom. The number of carbonyl (C=O) groups is 1. The van der Waals surface area contributed by atoms with Crippen LogP contribution in [-0.2, 0) is 19.6 Å². The SMILES string of the molecule is CCC(C)NC(=O)CCNC(=NC)N1CCN(S(=O)(=O)CCOC(C)C)CC1. The first kappa shape index (κ1) is 24.6. The van der Waals surface area contributed by atoms with E-state index in [2.05, 4.69) is 15.6 Å². The Kier molecular flexibility index (Phi) is 10.8. The average Bonchev–Trinajstić information content (AvgIpc) is 2.64. The van der Waals surface area contributed by atoms with Crippen molar-refractivity contribution >= 4 is 21.9 Å². The molecule has 1 saturated heterocycles. The number of amides is 1. The van der Waals surface area contributed by atoms with Crippen LogP contribution in [0.3, 0.4) is 0 Å². The third kappa shape index (κ3) is 8.74. The number of ether oxygens (including phenoxy) is 1. The number of hydrogen-bond acceptors (Lipinski definition) is 5. The number of nitrogens with one attached hydrogen (secondary N) is 2. The Hall–Kier alpha value is -1.39. The lowest BCUT2D eigenvalue weighted by molar-refractivity contribution is -0.121. The van der Waals surface area contributed by atoms with Crippen molar-refractivity contribution in [3.05, 3.63) is 0 Å². The fourth-order valence-corrected chi connectivity index (χ4v) is 4.05. The van der Waals surface area contributed by atoms with E-state index in [1.165, 1.54) is 4.31 Å². The number of carbonyl (C=O) groups excluding carboxylic acids is 1. The molecule has 1 heterocycles. The molecule has 164 valence electrons. The van der Waals surface area contributed by atoms with E-state index in [0.717, 1.165) is 6.42 Å². The second kappa shape index (κ2) is 12.2. The molecule has 0 aliphatic carbocycles. The summed E-state index contributed by atoms with van der Waals surface area (Å²) in [5, 5.41) is 6.12. The minimum Gasteiger partial charge on any atom is -0.378 e. The molecule has 1 rings (SSSR count). The van der Waals surface area contributed by atoms with Crippen LogP contribution < -0.4 is 10.6 Å². The third-order valence-electron chi connectivity index (χ3n) is 4.59. The summed E-state index contributed by atoms with van der Waals surface area (Å²) >= 11 is 0. The quantitative estimate of drug-likeness (QED) is 0.388. The van der Waals surface area contributed by atoms with Gasteiger partial charge in [0.1, 0.15) is 0 Å². The summed E-state index contributed by atoms with van der Waals surface area (Å²) < 4.78 is 31.7. The van der Waals surface area contributed by atoms with Gasteiger partial charge in [-0.1, -0.05) is 6.92 Å². The average molecular weight is 420 g/mol. The van der Waals surface area contributed by atoms with Crippen molar-refractivity contribution in [2.45, 2.75) is 52.7 Å². The molecule has 0 aromatic rings. The summed E-state index contributed by atoms with van der Waals surface area (Å²) in [5.74, 6) is 0.706. The predicted octanol–water partition coefficient (Wildman–Crippen LogP) is 0.239. The lowest BCUT2D eigenvalue weighted by atomic mass is 10.2. The van der Waals surface area contributed by atoms with Gasteiger partial charge in [0.25, 0.3) is 0 Å². The first-order chi connectivity index (χ1) is 13.2. The Labute approximate surface area is 169 Å². The molecule has 0 aromatic heterocycles. The molecule has 1 amide bonds. The van der Waals surface area contributed by atoms with Crippen molar-refractivity contribution in [1.29, 1.82) is 0 Å². The van der Waals surface area contributed by atoms with Gasteiger partial charge in [-0.15, -0.1) is 0 Å². The van der Waals surface area contributed by atoms with E-state index in [1.807, 2.05) is 32.6 Å². The van der Waals surface area contributed by atoms with Gasteiger partial charge in [-0.2, -0.15) is 4.31 Å². The Balaban J connectivity index is 2.40. The number of piperazine rings is 1. The maximum Gasteiger partial charge on any atom is 0.221 e. The summed E-state index contributed by atoms with van der Waals surface area (Å²) in [5.41, 5.74) is 0. The van der Waals surface area contributed by atoms with Crippen LogP contribution in [0.2, 0.25) is 0 Å². The molecule has 2 N–H and O–H groups in total. The van der Waals surface area contributed by atoms with E-state index in [1.54, 1.807) is 7.05 Å². The Morgan fingerprint density at radius 1 is 1.18 bits per heavy atom. The van der Waals surface area contributed by atoms with Gasteiger partial charge in [-0.3, -0.25) is 9.79 Å². The fourth-order valence-electron chi connectivity index (χ4n) is 2.77. The first-order valence-corrected chi connectivity index (χ1v) is 11.6. The topological polar surface area (TPSA) is 103 Å². The van der Waals surface area contributed by atoms with Crippen LogP contribution in [0.5, 0.6) is 0 Å². The third-order valence-corrected chi connectivity index (χ3v) is 6.43. The number of nitrogens with zero attached hydrogens (tertiary/aromatic N) is 3. The monoisotopic (exact) mass is 419 g/mol. The van der Waals surface area contributed by atoms with Gasteiger partial charge in [0.05, 0.1) is 18.5 Å². The second-order valence-corrected chi connectivity index (χ2v) is 9.31. The molecule has 1 fully saturated rings. The van der Waals surface area contributed by atoms with Crippen molar-refractivity contribution in [3.63, 3.8) is 0 Å². The summed E-state index contributed by atoms with van der Waals surface area (Å²) in [6, 6.07) is 0.174. The van der Waals surface area contributed by atoms with Gasteiger partial charge in [0, 0.05) is 52.2 Å². The van der Waals surface area contributed by atoms with Crippen molar-refractivity contribution in [1.82, 2.24) is 19.8 Å². The van der Waals surface area contributed by atoms with Gasteiger partial charge < -0.3 is 20.3 Å². The van der Waals surface area contributed by atoms with Crippen LogP contribution >= 0.6 is 0 Å². The normalized spacial score (nSPS) is 17.6. The highest BCUT2D eigenvalue weighted by atomic mass is 32.2. The molecule has 9 nitrogen and oxygen atoms in total. The maximum absolute atomic E-state index is 12.4. The molecule has 1 aliphatic heterocycles. The van der Waals surface area contributed by atoms with Gasteiger partial charge >= 0.3 is 0 Å². The van der Waals surface area contributed by atoms with Crippen molar-refractivity contribution in [3.8, 4) is 0 Å². The zero-order valence-electron chi connectivity index (χ0n) is 17.9. The predicted molar refractivity (Wildman–Crippen MR) is 112 cm³/mol. The van der Waals surface area contributed by atoms with Gasteiger partial charge in [0.2, 0.25) is 15.9 Å². The largest absolute Gasteiger partial charge is 0.378 e. The van der Waals surface area contributed by atoms with Crippen LogP contribution in [-0.4, -0.2) is 93.8 Å². The van der Waals surface area contributed by atoms with Gasteiger partial charge in [-0.25, -0.2) is 8.42 Å². The lowest BCUT2D eigenvalue weighted by Crippen LogP contribution is -2.54. The number of guanidine groups is 1. The number of aliphatic imine (C=N–C) groups is 1.